The highest BCUT2D eigenvalue weighted by molar-refractivity contribution is 7.71. The van der Waals surface area contributed by atoms with Crippen LogP contribution in [0, 0.1) is 25.5 Å². The molecule has 20 heavy (non-hydrogen) atoms. The highest BCUT2D eigenvalue weighted by Crippen LogP contribution is 2.18. The summed E-state index contributed by atoms with van der Waals surface area (Å²) in [5.41, 5.74) is 6.26. The van der Waals surface area contributed by atoms with Crippen LogP contribution >= 0.6 is 12.2 Å². The Morgan fingerprint density at radius 3 is 2.65 bits per heavy atom. The molecule has 0 aliphatic carbocycles. The highest BCUT2D eigenvalue weighted by Gasteiger charge is 2.13. The molecule has 1 N–H and O–H groups in total. The van der Waals surface area contributed by atoms with Gasteiger partial charge in [-0.2, -0.15) is 5.10 Å². The number of hydrogen-bond donors (Lipinski definition) is 1. The van der Waals surface area contributed by atoms with Gasteiger partial charge in [-0.1, -0.05) is 0 Å². The number of rotatable bonds is 2. The molecule has 0 amide bonds. The normalized spacial score (nSPS) is 11.4. The van der Waals surface area contributed by atoms with E-state index in [4.69, 9.17) is 12.2 Å². The van der Waals surface area contributed by atoms with Crippen LogP contribution in [0.1, 0.15) is 22.6 Å². The Bertz CT molecular complexity index is 852. The van der Waals surface area contributed by atoms with Crippen molar-refractivity contribution in [2.75, 3.05) is 0 Å². The smallest absolute Gasteiger partial charge is 0.179 e. The third kappa shape index (κ3) is 1.96. The summed E-state index contributed by atoms with van der Waals surface area (Å²) in [5.74, 6) is 0. The van der Waals surface area contributed by atoms with Crippen LogP contribution in [0.4, 0.5) is 0 Å². The van der Waals surface area contributed by atoms with Crippen molar-refractivity contribution in [1.29, 1.82) is 0 Å². The maximum Gasteiger partial charge on any atom is 0.179 e. The number of pyridine rings is 1. The van der Waals surface area contributed by atoms with Gasteiger partial charge in [0.05, 0.1) is 17.8 Å². The summed E-state index contributed by atoms with van der Waals surface area (Å²) in [6, 6.07) is 4.01. The zero-order chi connectivity index (χ0) is 14.4. The van der Waals surface area contributed by atoms with E-state index in [2.05, 4.69) is 22.0 Å². The first-order chi connectivity index (χ1) is 9.47. The van der Waals surface area contributed by atoms with Gasteiger partial charge in [0.2, 0.25) is 0 Å². The fourth-order valence-corrected chi connectivity index (χ4v) is 2.74. The summed E-state index contributed by atoms with van der Waals surface area (Å²) in [6.07, 6.45) is 0. The molecule has 104 valence electrons. The molecular formula is C14H17N5S. The molecule has 0 aliphatic rings. The number of hydrogen-bond acceptors (Lipinski definition) is 3. The van der Waals surface area contributed by atoms with E-state index in [9.17, 15) is 0 Å². The molecule has 0 aromatic carbocycles. The van der Waals surface area contributed by atoms with Crippen LogP contribution in [0.5, 0.6) is 0 Å². The van der Waals surface area contributed by atoms with Crippen LogP contribution in [0.15, 0.2) is 12.1 Å². The zero-order valence-corrected chi connectivity index (χ0v) is 12.9. The van der Waals surface area contributed by atoms with Crippen LogP contribution < -0.4 is 0 Å². The van der Waals surface area contributed by atoms with E-state index in [0.29, 0.717) is 11.3 Å². The Morgan fingerprint density at radius 1 is 1.25 bits per heavy atom. The number of aromatic amines is 1. The first-order valence-electron chi connectivity index (χ1n) is 6.52. The molecule has 0 saturated carbocycles. The molecule has 0 spiro atoms. The topological polar surface area (TPSA) is 51.4 Å². The lowest BCUT2D eigenvalue weighted by molar-refractivity contribution is 0.727. The molecule has 0 bridgehead atoms. The van der Waals surface area contributed by atoms with E-state index in [1.807, 2.05) is 42.3 Å². The monoisotopic (exact) mass is 287 g/mol. The van der Waals surface area contributed by atoms with E-state index in [1.165, 1.54) is 5.56 Å². The number of nitrogens with one attached hydrogen (secondary N) is 1. The molecule has 0 atom stereocenters. The summed E-state index contributed by atoms with van der Waals surface area (Å²) in [5, 5.41) is 4.46. The maximum atomic E-state index is 5.43. The van der Waals surface area contributed by atoms with E-state index in [1.54, 1.807) is 0 Å². The Hall–Kier alpha value is -1.95. The van der Waals surface area contributed by atoms with Crippen LogP contribution in [0.3, 0.4) is 0 Å². The molecule has 0 saturated heterocycles. The molecule has 0 fully saturated rings. The van der Waals surface area contributed by atoms with E-state index < -0.39 is 0 Å². The van der Waals surface area contributed by atoms with Gasteiger partial charge in [0.15, 0.2) is 10.4 Å². The van der Waals surface area contributed by atoms with Gasteiger partial charge >= 0.3 is 0 Å². The Morgan fingerprint density at radius 2 is 2.00 bits per heavy atom. The third-order valence-electron chi connectivity index (χ3n) is 3.73. The Kier molecular flexibility index (Phi) is 2.97. The van der Waals surface area contributed by atoms with Crippen LogP contribution in [0.2, 0.25) is 0 Å². The first-order valence-corrected chi connectivity index (χ1v) is 6.93. The largest absolute Gasteiger partial charge is 0.329 e. The number of imidazole rings is 1. The van der Waals surface area contributed by atoms with Crippen molar-refractivity contribution in [3.05, 3.63) is 39.5 Å². The second kappa shape index (κ2) is 4.56. The second-order valence-corrected chi connectivity index (χ2v) is 5.50. The van der Waals surface area contributed by atoms with E-state index in [0.717, 1.165) is 28.2 Å². The standard InChI is InChI=1S/C14H17N5S/c1-8-5-6-12-13(15-8)19(14(20)16-12)7-11-9(2)17-18(4)10(11)3/h5-6H,7H2,1-4H3,(H,16,20). The number of nitrogens with zero attached hydrogens (tertiary/aromatic N) is 4. The Labute approximate surface area is 122 Å². The van der Waals surface area contributed by atoms with Crippen molar-refractivity contribution in [1.82, 2.24) is 24.3 Å². The summed E-state index contributed by atoms with van der Waals surface area (Å²) in [6.45, 7) is 6.78. The van der Waals surface area contributed by atoms with Crippen molar-refractivity contribution in [2.45, 2.75) is 27.3 Å². The molecule has 3 rings (SSSR count). The lowest BCUT2D eigenvalue weighted by atomic mass is 10.2. The van der Waals surface area contributed by atoms with Crippen molar-refractivity contribution in [3.63, 3.8) is 0 Å². The lowest BCUT2D eigenvalue weighted by Crippen LogP contribution is -2.04. The van der Waals surface area contributed by atoms with Gasteiger partial charge in [0.25, 0.3) is 0 Å². The molecule has 3 aromatic heterocycles. The van der Waals surface area contributed by atoms with E-state index >= 15 is 0 Å². The summed E-state index contributed by atoms with van der Waals surface area (Å²) < 4.78 is 4.64. The van der Waals surface area contributed by atoms with Gasteiger partial charge in [0.1, 0.15) is 0 Å². The molecule has 0 aliphatic heterocycles. The zero-order valence-electron chi connectivity index (χ0n) is 12.1. The fourth-order valence-electron chi connectivity index (χ4n) is 2.48. The van der Waals surface area contributed by atoms with Crippen molar-refractivity contribution >= 4 is 23.4 Å². The minimum atomic E-state index is 0.695. The minimum Gasteiger partial charge on any atom is -0.329 e. The number of aromatic nitrogens is 5. The molecule has 0 radical (unpaired) electrons. The van der Waals surface area contributed by atoms with Crippen molar-refractivity contribution < 1.29 is 0 Å². The average molecular weight is 287 g/mol. The quantitative estimate of drug-likeness (QED) is 0.737. The predicted octanol–water partition coefficient (Wildman–Crippen LogP) is 2.80. The van der Waals surface area contributed by atoms with Gasteiger partial charge < -0.3 is 4.98 Å². The predicted molar refractivity (Wildman–Crippen MR) is 81.4 cm³/mol. The molecule has 3 aromatic rings. The van der Waals surface area contributed by atoms with Gasteiger partial charge in [-0.3, -0.25) is 9.25 Å². The summed E-state index contributed by atoms with van der Waals surface area (Å²) in [4.78, 5) is 7.80. The SMILES string of the molecule is Cc1ccc2[nH]c(=S)n(Cc3c(C)nn(C)c3C)c2n1. The van der Waals surface area contributed by atoms with Crippen LogP contribution in [0.25, 0.3) is 11.2 Å². The number of aryl methyl sites for hydroxylation is 3. The Balaban J connectivity index is 2.17. The average Bonchev–Trinajstić information content (AvgIpc) is 2.82. The third-order valence-corrected chi connectivity index (χ3v) is 4.05. The van der Waals surface area contributed by atoms with Gasteiger partial charge in [-0.25, -0.2) is 4.98 Å². The summed E-state index contributed by atoms with van der Waals surface area (Å²) in [7, 11) is 1.96. The van der Waals surface area contributed by atoms with Crippen LogP contribution in [-0.2, 0) is 13.6 Å². The molecular weight excluding hydrogens is 270 g/mol. The van der Waals surface area contributed by atoms with Crippen molar-refractivity contribution in [3.8, 4) is 0 Å². The molecule has 3 heterocycles. The molecule has 6 heteroatoms. The lowest BCUT2D eigenvalue weighted by Gasteiger charge is -2.05. The minimum absolute atomic E-state index is 0.695. The first kappa shape index (κ1) is 13.1. The van der Waals surface area contributed by atoms with Gasteiger partial charge in [-0.15, -0.1) is 0 Å². The summed E-state index contributed by atoms with van der Waals surface area (Å²) >= 11 is 5.43. The fraction of sp³-hybridized carbons (Fsp3) is 0.357. The number of fused-ring (bicyclic) bond motifs is 1. The maximum absolute atomic E-state index is 5.43. The highest BCUT2D eigenvalue weighted by atomic mass is 32.1. The molecule has 0 unspecified atom stereocenters. The molecule has 5 nitrogen and oxygen atoms in total. The number of H-pyrrole nitrogens is 1. The van der Waals surface area contributed by atoms with Crippen LogP contribution in [-0.4, -0.2) is 24.3 Å². The van der Waals surface area contributed by atoms with Gasteiger partial charge in [0, 0.05) is 24.0 Å². The van der Waals surface area contributed by atoms with Gasteiger partial charge in [-0.05, 0) is 45.1 Å². The second-order valence-electron chi connectivity index (χ2n) is 5.11. The van der Waals surface area contributed by atoms with Crippen molar-refractivity contribution in [2.24, 2.45) is 7.05 Å². The van der Waals surface area contributed by atoms with E-state index in [-0.39, 0.29) is 0 Å².